The van der Waals surface area contributed by atoms with Crippen LogP contribution in [0.3, 0.4) is 0 Å². The number of fused-ring (bicyclic) bond motifs is 1. The quantitative estimate of drug-likeness (QED) is 0.248. The van der Waals surface area contributed by atoms with Crippen LogP contribution in [0.15, 0.2) is 105 Å². The Morgan fingerprint density at radius 1 is 1.03 bits per heavy atom. The Hall–Kier alpha value is -4.17. The van der Waals surface area contributed by atoms with Gasteiger partial charge in [0.2, 0.25) is 0 Å². The number of benzene rings is 3. The van der Waals surface area contributed by atoms with Gasteiger partial charge in [-0.15, -0.1) is 0 Å². The standard InChI is InChI=1S/C29H25BrN4O3/c1-19-13-15-21(16-14-19)34-27(31-25-11-5-3-9-23(25)28(34)35)20(2)33(18-22-8-7-17-37-22)29(36)32-26-12-6-4-10-24(26)30/h3-17,20H,18H2,1-2H3,(H,32,36). The second-order valence-electron chi connectivity index (χ2n) is 8.76. The van der Waals surface area contributed by atoms with E-state index in [0.29, 0.717) is 33.9 Å². The number of carbonyl (C=O) groups is 1. The first-order valence-corrected chi connectivity index (χ1v) is 12.6. The molecule has 1 atom stereocenters. The molecule has 5 aromatic rings. The fourth-order valence-corrected chi connectivity index (χ4v) is 4.60. The van der Waals surface area contributed by atoms with Crippen molar-refractivity contribution in [2.24, 2.45) is 0 Å². The van der Waals surface area contributed by atoms with Gasteiger partial charge in [0.05, 0.1) is 41.1 Å². The molecule has 2 aromatic heterocycles. The summed E-state index contributed by atoms with van der Waals surface area (Å²) in [5.41, 5.74) is 2.76. The first-order valence-electron chi connectivity index (χ1n) is 11.9. The Morgan fingerprint density at radius 3 is 2.49 bits per heavy atom. The van der Waals surface area contributed by atoms with Crippen molar-refractivity contribution < 1.29 is 9.21 Å². The molecule has 0 aliphatic rings. The number of halogens is 1. The molecule has 0 saturated heterocycles. The van der Waals surface area contributed by atoms with Crippen molar-refractivity contribution >= 4 is 38.6 Å². The third-order valence-corrected chi connectivity index (χ3v) is 6.91. The maximum atomic E-state index is 13.8. The summed E-state index contributed by atoms with van der Waals surface area (Å²) in [6.07, 6.45) is 1.57. The largest absolute Gasteiger partial charge is 0.467 e. The lowest BCUT2D eigenvalue weighted by Gasteiger charge is -2.30. The predicted octanol–water partition coefficient (Wildman–Crippen LogP) is 6.84. The van der Waals surface area contributed by atoms with Crippen molar-refractivity contribution in [2.45, 2.75) is 26.4 Å². The zero-order valence-corrected chi connectivity index (χ0v) is 22.0. The molecule has 186 valence electrons. The van der Waals surface area contributed by atoms with E-state index in [0.717, 1.165) is 10.0 Å². The number of nitrogens with one attached hydrogen (secondary N) is 1. The second kappa shape index (κ2) is 10.4. The van der Waals surface area contributed by atoms with E-state index in [4.69, 9.17) is 9.40 Å². The molecule has 1 unspecified atom stereocenters. The molecule has 0 radical (unpaired) electrons. The molecule has 8 heteroatoms. The molecule has 0 fully saturated rings. The molecule has 0 saturated carbocycles. The first kappa shape index (κ1) is 24.5. The van der Waals surface area contributed by atoms with Crippen LogP contribution in [0.4, 0.5) is 10.5 Å². The Labute approximate surface area is 222 Å². The van der Waals surface area contributed by atoms with E-state index >= 15 is 0 Å². The van der Waals surface area contributed by atoms with Crippen molar-refractivity contribution in [3.05, 3.63) is 123 Å². The molecule has 0 aliphatic heterocycles. The fraction of sp³-hybridized carbons (Fsp3) is 0.138. The number of furan rings is 1. The van der Waals surface area contributed by atoms with Gasteiger partial charge in [0.15, 0.2) is 0 Å². The number of amides is 2. The number of para-hydroxylation sites is 2. The first-order chi connectivity index (χ1) is 17.9. The van der Waals surface area contributed by atoms with Gasteiger partial charge in [0, 0.05) is 4.47 Å². The summed E-state index contributed by atoms with van der Waals surface area (Å²) < 4.78 is 7.93. The van der Waals surface area contributed by atoms with Crippen LogP contribution in [0.5, 0.6) is 0 Å². The Morgan fingerprint density at radius 2 is 1.76 bits per heavy atom. The number of nitrogens with zero attached hydrogens (tertiary/aromatic N) is 3. The molecular formula is C29H25BrN4O3. The highest BCUT2D eigenvalue weighted by Crippen LogP contribution is 2.27. The molecule has 0 bridgehead atoms. The number of anilines is 1. The molecule has 37 heavy (non-hydrogen) atoms. The molecule has 5 rings (SSSR count). The second-order valence-corrected chi connectivity index (χ2v) is 9.61. The zero-order valence-electron chi connectivity index (χ0n) is 20.4. The Balaban J connectivity index is 1.64. The van der Waals surface area contributed by atoms with Crippen LogP contribution in [0.25, 0.3) is 16.6 Å². The summed E-state index contributed by atoms with van der Waals surface area (Å²) in [6, 6.07) is 25.0. The molecule has 2 heterocycles. The van der Waals surface area contributed by atoms with Gasteiger partial charge in [0.1, 0.15) is 11.6 Å². The SMILES string of the molecule is Cc1ccc(-n2c(C(C)N(Cc3ccco3)C(=O)Nc3ccccc3Br)nc3ccccc3c2=O)cc1. The van der Waals surface area contributed by atoms with Crippen LogP contribution in [-0.4, -0.2) is 20.5 Å². The molecule has 0 spiro atoms. The molecule has 1 N–H and O–H groups in total. The van der Waals surface area contributed by atoms with Crippen molar-refractivity contribution in [1.29, 1.82) is 0 Å². The van der Waals surface area contributed by atoms with Crippen LogP contribution >= 0.6 is 15.9 Å². The summed E-state index contributed by atoms with van der Waals surface area (Å²) >= 11 is 3.49. The van der Waals surface area contributed by atoms with Gasteiger partial charge < -0.3 is 14.6 Å². The predicted molar refractivity (Wildman–Crippen MR) is 148 cm³/mol. The monoisotopic (exact) mass is 556 g/mol. The lowest BCUT2D eigenvalue weighted by atomic mass is 10.1. The van der Waals surface area contributed by atoms with Crippen LogP contribution in [-0.2, 0) is 6.54 Å². The normalized spacial score (nSPS) is 11.9. The summed E-state index contributed by atoms with van der Waals surface area (Å²) in [5.74, 6) is 1.06. The lowest BCUT2D eigenvalue weighted by Crippen LogP contribution is -2.39. The van der Waals surface area contributed by atoms with Crippen LogP contribution in [0, 0.1) is 6.92 Å². The Kier molecular flexibility index (Phi) is 6.92. The van der Waals surface area contributed by atoms with Gasteiger partial charge >= 0.3 is 6.03 Å². The number of aromatic nitrogens is 2. The van der Waals surface area contributed by atoms with E-state index < -0.39 is 6.04 Å². The van der Waals surface area contributed by atoms with Crippen LogP contribution in [0.2, 0.25) is 0 Å². The maximum Gasteiger partial charge on any atom is 0.322 e. The van der Waals surface area contributed by atoms with Crippen LogP contribution < -0.4 is 10.9 Å². The zero-order chi connectivity index (χ0) is 25.9. The van der Waals surface area contributed by atoms with E-state index in [1.165, 1.54) is 0 Å². The molecule has 0 aliphatic carbocycles. The van der Waals surface area contributed by atoms with E-state index in [-0.39, 0.29) is 18.1 Å². The molecule has 7 nitrogen and oxygen atoms in total. The van der Waals surface area contributed by atoms with E-state index in [1.807, 2.05) is 86.6 Å². The van der Waals surface area contributed by atoms with Crippen molar-refractivity contribution in [3.8, 4) is 5.69 Å². The van der Waals surface area contributed by atoms with Crippen molar-refractivity contribution in [3.63, 3.8) is 0 Å². The summed E-state index contributed by atoms with van der Waals surface area (Å²) in [5, 5.41) is 3.48. The third kappa shape index (κ3) is 5.06. The van der Waals surface area contributed by atoms with Gasteiger partial charge in [-0.3, -0.25) is 9.36 Å². The van der Waals surface area contributed by atoms with Gasteiger partial charge in [-0.2, -0.15) is 0 Å². The molecule has 3 aromatic carbocycles. The van der Waals surface area contributed by atoms with E-state index in [1.54, 1.807) is 27.9 Å². The number of hydrogen-bond acceptors (Lipinski definition) is 4. The minimum absolute atomic E-state index is 0.182. The highest BCUT2D eigenvalue weighted by molar-refractivity contribution is 9.10. The summed E-state index contributed by atoms with van der Waals surface area (Å²) in [6.45, 7) is 4.04. The minimum atomic E-state index is -0.591. The average Bonchev–Trinajstić information content (AvgIpc) is 3.42. The highest BCUT2D eigenvalue weighted by atomic mass is 79.9. The van der Waals surface area contributed by atoms with Gasteiger partial charge in [-0.05, 0) is 78.3 Å². The summed E-state index contributed by atoms with van der Waals surface area (Å²) in [7, 11) is 0. The lowest BCUT2D eigenvalue weighted by molar-refractivity contribution is 0.179. The number of aryl methyl sites for hydroxylation is 1. The van der Waals surface area contributed by atoms with Crippen molar-refractivity contribution in [2.75, 3.05) is 5.32 Å². The van der Waals surface area contributed by atoms with Gasteiger partial charge in [-0.1, -0.05) is 42.0 Å². The van der Waals surface area contributed by atoms with Gasteiger partial charge in [-0.25, -0.2) is 9.78 Å². The molecule has 2 amide bonds. The fourth-order valence-electron chi connectivity index (χ4n) is 4.22. The third-order valence-electron chi connectivity index (χ3n) is 6.22. The molecular weight excluding hydrogens is 532 g/mol. The summed E-state index contributed by atoms with van der Waals surface area (Å²) in [4.78, 5) is 34.0. The van der Waals surface area contributed by atoms with E-state index in [9.17, 15) is 9.59 Å². The van der Waals surface area contributed by atoms with Crippen LogP contribution in [0.1, 0.15) is 30.1 Å². The minimum Gasteiger partial charge on any atom is -0.467 e. The highest BCUT2D eigenvalue weighted by Gasteiger charge is 2.28. The van der Waals surface area contributed by atoms with E-state index in [2.05, 4.69) is 21.2 Å². The Bertz CT molecular complexity index is 1610. The average molecular weight is 557 g/mol. The maximum absolute atomic E-state index is 13.8. The topological polar surface area (TPSA) is 80.4 Å². The van der Waals surface area contributed by atoms with Gasteiger partial charge in [0.25, 0.3) is 5.56 Å². The van der Waals surface area contributed by atoms with Crippen molar-refractivity contribution in [1.82, 2.24) is 14.5 Å². The smallest absolute Gasteiger partial charge is 0.322 e. The number of urea groups is 1. The number of carbonyl (C=O) groups excluding carboxylic acids is 1. The number of rotatable bonds is 6. The number of hydrogen-bond donors (Lipinski definition) is 1.